The van der Waals surface area contributed by atoms with Crippen LogP contribution >= 0.6 is 0 Å². The first-order valence-corrected chi connectivity index (χ1v) is 18.2. The van der Waals surface area contributed by atoms with Crippen LogP contribution in [0.15, 0.2) is 81.8 Å². The second-order valence-electron chi connectivity index (χ2n) is 14.2. The molecule has 5 aromatic rings. The second kappa shape index (κ2) is 14.0. The molecule has 54 heavy (non-hydrogen) atoms. The van der Waals surface area contributed by atoms with Crippen LogP contribution in [0.1, 0.15) is 89.6 Å². The summed E-state index contributed by atoms with van der Waals surface area (Å²) in [6.07, 6.45) is 2.87. The van der Waals surface area contributed by atoms with E-state index in [1.54, 1.807) is 0 Å². The number of esters is 1. The highest BCUT2D eigenvalue weighted by molar-refractivity contribution is 5.88. The van der Waals surface area contributed by atoms with Gasteiger partial charge in [-0.1, -0.05) is 87.9 Å². The van der Waals surface area contributed by atoms with Gasteiger partial charge in [-0.15, -0.1) is 0 Å². The van der Waals surface area contributed by atoms with Crippen molar-refractivity contribution < 1.29 is 37.4 Å². The van der Waals surface area contributed by atoms with Crippen molar-refractivity contribution >= 4 is 23.7 Å². The number of methoxy groups -OCH3 is 1. The molecule has 2 amide bonds. The van der Waals surface area contributed by atoms with E-state index >= 15 is 0 Å². The molecular formula is C41H41N5O8. The standard InChI is InChI=1S/C41H41N5O8/c1-5-6-13-25-14-10-15-26-32(25)46-39-41(26)27-18-24(16-17-30(27)53-39)19-28(43-40(49)52-20-23-11-8-7-9-12-23)35(47)44-31(22(2)3)37-45-33(34(41)54-37)36-42-29(21-51-36)38(48)50-4/h7-12,14-18,21-22,28,31,39,46H,5-6,13,19-20H2,1-4H3,(H,43,49)(H,44,47)/t28-,31-,39?,41?/m0/s1. The molecule has 8 rings (SSSR count). The van der Waals surface area contributed by atoms with Gasteiger partial charge < -0.3 is 39.0 Å². The van der Waals surface area contributed by atoms with Crippen LogP contribution in [0.4, 0.5) is 10.5 Å². The van der Waals surface area contributed by atoms with Crippen molar-refractivity contribution in [3.8, 4) is 17.3 Å². The van der Waals surface area contributed by atoms with Crippen LogP contribution < -0.4 is 20.7 Å². The lowest BCUT2D eigenvalue weighted by Crippen LogP contribution is -2.49. The number of aromatic nitrogens is 2. The van der Waals surface area contributed by atoms with E-state index in [9.17, 15) is 14.4 Å². The van der Waals surface area contributed by atoms with E-state index in [4.69, 9.17) is 28.0 Å². The van der Waals surface area contributed by atoms with Crippen LogP contribution in [0.2, 0.25) is 0 Å². The van der Waals surface area contributed by atoms with Crippen molar-refractivity contribution in [2.24, 2.45) is 5.92 Å². The van der Waals surface area contributed by atoms with E-state index < -0.39 is 41.7 Å². The number of hydrogen-bond donors (Lipinski definition) is 3. The topological polar surface area (TPSA) is 167 Å². The summed E-state index contributed by atoms with van der Waals surface area (Å²) in [5.41, 5.74) is 4.48. The van der Waals surface area contributed by atoms with Crippen molar-refractivity contribution in [2.75, 3.05) is 12.4 Å². The number of carbonyl (C=O) groups is 3. The van der Waals surface area contributed by atoms with Gasteiger partial charge in [-0.05, 0) is 47.1 Å². The van der Waals surface area contributed by atoms with Crippen molar-refractivity contribution in [2.45, 2.75) is 76.8 Å². The number of ether oxygens (including phenoxy) is 3. The summed E-state index contributed by atoms with van der Waals surface area (Å²) in [7, 11) is 1.27. The number of oxazole rings is 2. The first kappa shape index (κ1) is 34.9. The molecule has 5 heterocycles. The van der Waals surface area contributed by atoms with E-state index in [2.05, 4.69) is 40.0 Å². The van der Waals surface area contributed by atoms with Crippen molar-refractivity contribution in [1.29, 1.82) is 0 Å². The predicted octanol–water partition coefficient (Wildman–Crippen LogP) is 6.60. The van der Waals surface area contributed by atoms with Gasteiger partial charge in [0.2, 0.25) is 17.7 Å². The number of anilines is 1. The number of rotatable bonds is 9. The summed E-state index contributed by atoms with van der Waals surface area (Å²) in [6.45, 7) is 6.07. The Morgan fingerprint density at radius 3 is 2.65 bits per heavy atom. The largest absolute Gasteiger partial charge is 0.469 e. The lowest BCUT2D eigenvalue weighted by molar-refractivity contribution is -0.124. The van der Waals surface area contributed by atoms with E-state index in [0.717, 1.165) is 52.8 Å². The smallest absolute Gasteiger partial charge is 0.408 e. The molecule has 3 aromatic carbocycles. The number of fused-ring (bicyclic) bond motifs is 4. The van der Waals surface area contributed by atoms with Crippen molar-refractivity contribution in [3.63, 3.8) is 0 Å². The molecule has 2 aromatic heterocycles. The third-order valence-electron chi connectivity index (χ3n) is 10.4. The minimum Gasteiger partial charge on any atom is -0.469 e. The van der Waals surface area contributed by atoms with Gasteiger partial charge >= 0.3 is 12.1 Å². The maximum Gasteiger partial charge on any atom is 0.408 e. The predicted molar refractivity (Wildman–Crippen MR) is 196 cm³/mol. The molecule has 0 aliphatic carbocycles. The van der Waals surface area contributed by atoms with Gasteiger partial charge in [0, 0.05) is 17.7 Å². The Labute approximate surface area is 311 Å². The van der Waals surface area contributed by atoms with E-state index in [1.807, 2.05) is 68.4 Å². The first-order valence-electron chi connectivity index (χ1n) is 18.2. The summed E-state index contributed by atoms with van der Waals surface area (Å²) in [6, 6.07) is 19.5. The van der Waals surface area contributed by atoms with E-state index in [1.165, 1.54) is 13.4 Å². The van der Waals surface area contributed by atoms with Gasteiger partial charge in [-0.2, -0.15) is 0 Å². The number of nitrogens with zero attached hydrogens (tertiary/aromatic N) is 2. The molecule has 3 aliphatic rings. The van der Waals surface area contributed by atoms with Gasteiger partial charge in [0.05, 0.1) is 7.11 Å². The van der Waals surface area contributed by atoms with Crippen LogP contribution in [-0.2, 0) is 39.1 Å². The van der Waals surface area contributed by atoms with E-state index in [-0.39, 0.29) is 42.1 Å². The Morgan fingerprint density at radius 1 is 1.04 bits per heavy atom. The molecule has 1 spiro atoms. The number of nitrogens with one attached hydrogen (secondary N) is 3. The number of aryl methyl sites for hydroxylation is 1. The monoisotopic (exact) mass is 731 g/mol. The summed E-state index contributed by atoms with van der Waals surface area (Å²) in [5.74, 6) is -0.102. The molecule has 3 aliphatic heterocycles. The molecule has 0 saturated carbocycles. The SMILES string of the molecule is CCCCc1cccc2c1NC1Oc3ccc4cc3C21c1oc(nc1-c1nc(C(=O)OC)co1)[C@H](C(C)C)NC(=O)[C@@H](NC(=O)OCc1ccccc1)C4. The third-order valence-corrected chi connectivity index (χ3v) is 10.4. The van der Waals surface area contributed by atoms with Crippen LogP contribution in [0.3, 0.4) is 0 Å². The van der Waals surface area contributed by atoms with Gasteiger partial charge in [0.25, 0.3) is 0 Å². The zero-order chi connectivity index (χ0) is 37.6. The zero-order valence-corrected chi connectivity index (χ0v) is 30.4. The second-order valence-corrected chi connectivity index (χ2v) is 14.2. The van der Waals surface area contributed by atoms with Crippen molar-refractivity contribution in [3.05, 3.63) is 118 Å². The average molecular weight is 732 g/mol. The highest BCUT2D eigenvalue weighted by atomic mass is 16.5. The molecular weight excluding hydrogens is 690 g/mol. The maximum absolute atomic E-state index is 14.2. The minimum absolute atomic E-state index is 0.0334. The van der Waals surface area contributed by atoms with Gasteiger partial charge in [0.15, 0.2) is 23.4 Å². The fourth-order valence-corrected chi connectivity index (χ4v) is 7.65. The Hall–Kier alpha value is -6.11. The molecule has 0 fully saturated rings. The molecule has 13 nitrogen and oxygen atoms in total. The number of carbonyl (C=O) groups excluding carboxylic acids is 3. The summed E-state index contributed by atoms with van der Waals surface area (Å²) >= 11 is 0. The molecule has 0 saturated heterocycles. The first-order chi connectivity index (χ1) is 26.2. The van der Waals surface area contributed by atoms with Crippen molar-refractivity contribution in [1.82, 2.24) is 20.6 Å². The Bertz CT molecular complexity index is 2230. The summed E-state index contributed by atoms with van der Waals surface area (Å²) in [5, 5.41) is 9.59. The fraction of sp³-hybridized carbons (Fsp3) is 0.341. The highest BCUT2D eigenvalue weighted by Gasteiger charge is 2.61. The summed E-state index contributed by atoms with van der Waals surface area (Å²) < 4.78 is 30.0. The van der Waals surface area contributed by atoms with Gasteiger partial charge in [-0.3, -0.25) is 4.79 Å². The Balaban J connectivity index is 1.30. The van der Waals surface area contributed by atoms with E-state index in [0.29, 0.717) is 11.5 Å². The Kier molecular flexibility index (Phi) is 9.08. The molecule has 4 atom stereocenters. The van der Waals surface area contributed by atoms with Crippen LogP contribution in [-0.4, -0.2) is 47.3 Å². The normalized spacial score (nSPS) is 20.8. The number of unbranched alkanes of at least 4 members (excludes halogenated alkanes) is 1. The number of hydrogen-bond acceptors (Lipinski definition) is 11. The van der Waals surface area contributed by atoms with Crippen LogP contribution in [0.25, 0.3) is 11.6 Å². The van der Waals surface area contributed by atoms with Crippen LogP contribution in [0.5, 0.6) is 5.75 Å². The summed E-state index contributed by atoms with van der Waals surface area (Å²) in [4.78, 5) is 49.4. The number of alkyl carbamates (subject to hydrolysis) is 1. The average Bonchev–Trinajstić information content (AvgIpc) is 3.96. The number of amides is 2. The fourth-order valence-electron chi connectivity index (χ4n) is 7.65. The molecule has 2 unspecified atom stereocenters. The molecule has 4 bridgehead atoms. The number of benzene rings is 3. The third kappa shape index (κ3) is 5.93. The Morgan fingerprint density at radius 2 is 1.87 bits per heavy atom. The molecule has 13 heteroatoms. The van der Waals surface area contributed by atoms with Gasteiger partial charge in [0.1, 0.15) is 36.1 Å². The number of para-hydroxylation sites is 1. The zero-order valence-electron chi connectivity index (χ0n) is 30.4. The molecule has 3 N–H and O–H groups in total. The lowest BCUT2D eigenvalue weighted by atomic mass is 9.72. The quantitative estimate of drug-likeness (QED) is 0.140. The van der Waals surface area contributed by atoms with Gasteiger partial charge in [-0.25, -0.2) is 19.6 Å². The maximum atomic E-state index is 14.2. The highest BCUT2D eigenvalue weighted by Crippen LogP contribution is 2.60. The van der Waals surface area contributed by atoms with Crippen LogP contribution in [0, 0.1) is 5.92 Å². The minimum atomic E-state index is -1.11. The molecule has 0 radical (unpaired) electrons. The molecule has 278 valence electrons. The lowest BCUT2D eigenvalue weighted by Gasteiger charge is -2.28.